The molecule has 1 fully saturated rings. The standard InChI is InChI=1S/C12H16N2OS/c1-8-3-4-9(13)7-11(8)16-10-5-6-14(2)12(10)15/h3-4,7,10H,5-6,13H2,1-2H3. The minimum absolute atomic E-state index is 0.0606. The molecule has 1 aromatic carbocycles. The predicted octanol–water partition coefficient (Wildman–Crippen LogP) is 1.90. The second-order valence-corrected chi connectivity index (χ2v) is 5.42. The molecular formula is C12H16N2OS. The maximum Gasteiger partial charge on any atom is 0.235 e. The Morgan fingerprint density at radius 3 is 2.88 bits per heavy atom. The Morgan fingerprint density at radius 1 is 1.50 bits per heavy atom. The summed E-state index contributed by atoms with van der Waals surface area (Å²) in [7, 11) is 1.86. The Bertz CT molecular complexity index is 419. The van der Waals surface area contributed by atoms with Crippen LogP contribution in [-0.4, -0.2) is 29.6 Å². The molecule has 0 bridgehead atoms. The number of carbonyl (C=O) groups excluding carboxylic acids is 1. The summed E-state index contributed by atoms with van der Waals surface area (Å²) >= 11 is 1.63. The van der Waals surface area contributed by atoms with Crippen LogP contribution in [0.2, 0.25) is 0 Å². The lowest BCUT2D eigenvalue weighted by Crippen LogP contribution is -2.23. The van der Waals surface area contributed by atoms with Gasteiger partial charge in [0, 0.05) is 24.2 Å². The summed E-state index contributed by atoms with van der Waals surface area (Å²) in [6.45, 7) is 2.91. The summed E-state index contributed by atoms with van der Waals surface area (Å²) in [6, 6.07) is 5.84. The molecule has 1 atom stereocenters. The molecule has 0 spiro atoms. The summed E-state index contributed by atoms with van der Waals surface area (Å²) < 4.78 is 0. The van der Waals surface area contributed by atoms with Crippen molar-refractivity contribution in [2.45, 2.75) is 23.5 Å². The van der Waals surface area contributed by atoms with Gasteiger partial charge in [0.05, 0.1) is 5.25 Å². The van der Waals surface area contributed by atoms with Crippen LogP contribution in [0.15, 0.2) is 23.1 Å². The largest absolute Gasteiger partial charge is 0.399 e. The average molecular weight is 236 g/mol. The van der Waals surface area contributed by atoms with Gasteiger partial charge < -0.3 is 10.6 Å². The quantitative estimate of drug-likeness (QED) is 0.798. The number of hydrogen-bond donors (Lipinski definition) is 1. The minimum Gasteiger partial charge on any atom is -0.399 e. The lowest BCUT2D eigenvalue weighted by Gasteiger charge is -2.12. The third kappa shape index (κ3) is 2.16. The number of nitrogens with zero attached hydrogens (tertiary/aromatic N) is 1. The smallest absolute Gasteiger partial charge is 0.235 e. The van der Waals surface area contributed by atoms with Gasteiger partial charge in [-0.15, -0.1) is 11.8 Å². The number of nitrogens with two attached hydrogens (primary N) is 1. The van der Waals surface area contributed by atoms with E-state index in [9.17, 15) is 4.79 Å². The molecule has 1 saturated heterocycles. The van der Waals surface area contributed by atoms with E-state index in [4.69, 9.17) is 5.73 Å². The fraction of sp³-hybridized carbons (Fsp3) is 0.417. The van der Waals surface area contributed by atoms with Crippen molar-refractivity contribution in [2.24, 2.45) is 0 Å². The molecule has 0 aromatic heterocycles. The number of aryl methyl sites for hydroxylation is 1. The zero-order valence-corrected chi connectivity index (χ0v) is 10.4. The number of nitrogen functional groups attached to an aromatic ring is 1. The van der Waals surface area contributed by atoms with Gasteiger partial charge in [0.2, 0.25) is 5.91 Å². The number of carbonyl (C=O) groups is 1. The zero-order valence-electron chi connectivity index (χ0n) is 9.56. The van der Waals surface area contributed by atoms with Gasteiger partial charge in [-0.25, -0.2) is 0 Å². The number of thioether (sulfide) groups is 1. The van der Waals surface area contributed by atoms with E-state index in [0.29, 0.717) is 0 Å². The van der Waals surface area contributed by atoms with E-state index in [-0.39, 0.29) is 11.2 Å². The third-order valence-corrected chi connectivity index (χ3v) is 4.28. The van der Waals surface area contributed by atoms with Crippen LogP contribution in [-0.2, 0) is 4.79 Å². The second-order valence-electron chi connectivity index (χ2n) is 4.18. The first-order chi connectivity index (χ1) is 7.58. The topological polar surface area (TPSA) is 46.3 Å². The number of rotatable bonds is 2. The molecule has 1 amide bonds. The molecule has 2 N–H and O–H groups in total. The predicted molar refractivity (Wildman–Crippen MR) is 67.5 cm³/mol. The Balaban J connectivity index is 2.15. The molecule has 16 heavy (non-hydrogen) atoms. The molecule has 3 nitrogen and oxygen atoms in total. The molecule has 1 aromatic rings. The van der Waals surface area contributed by atoms with E-state index in [1.54, 1.807) is 16.7 Å². The first-order valence-corrected chi connectivity index (χ1v) is 6.23. The van der Waals surface area contributed by atoms with Gasteiger partial charge in [-0.05, 0) is 31.0 Å². The van der Waals surface area contributed by atoms with Crippen molar-refractivity contribution >= 4 is 23.4 Å². The lowest BCUT2D eigenvalue weighted by atomic mass is 10.2. The Morgan fingerprint density at radius 2 is 2.25 bits per heavy atom. The first kappa shape index (κ1) is 11.3. The van der Waals surface area contributed by atoms with Crippen molar-refractivity contribution in [3.8, 4) is 0 Å². The average Bonchev–Trinajstić information content (AvgIpc) is 2.55. The molecule has 1 unspecified atom stereocenters. The Hall–Kier alpha value is -1.16. The summed E-state index contributed by atoms with van der Waals surface area (Å²) in [6.07, 6.45) is 0.925. The lowest BCUT2D eigenvalue weighted by molar-refractivity contribution is -0.126. The van der Waals surface area contributed by atoms with Gasteiger partial charge in [0.15, 0.2) is 0 Å². The van der Waals surface area contributed by atoms with Gasteiger partial charge in [-0.1, -0.05) is 6.07 Å². The molecule has 0 radical (unpaired) electrons. The Kier molecular flexibility index (Phi) is 3.10. The fourth-order valence-corrected chi connectivity index (χ4v) is 3.07. The highest BCUT2D eigenvalue weighted by atomic mass is 32.2. The van der Waals surface area contributed by atoms with Crippen LogP contribution in [0.5, 0.6) is 0 Å². The first-order valence-electron chi connectivity index (χ1n) is 5.35. The van der Waals surface area contributed by atoms with Gasteiger partial charge in [-0.3, -0.25) is 4.79 Å². The SMILES string of the molecule is Cc1ccc(N)cc1SC1CCN(C)C1=O. The van der Waals surface area contributed by atoms with E-state index in [2.05, 4.69) is 0 Å². The number of likely N-dealkylation sites (tertiary alicyclic amines) is 1. The number of anilines is 1. The molecule has 4 heteroatoms. The fourth-order valence-electron chi connectivity index (χ4n) is 1.80. The number of benzene rings is 1. The maximum atomic E-state index is 11.8. The highest BCUT2D eigenvalue weighted by molar-refractivity contribution is 8.00. The third-order valence-electron chi connectivity index (χ3n) is 2.86. The molecule has 0 saturated carbocycles. The van der Waals surface area contributed by atoms with Crippen molar-refractivity contribution in [1.29, 1.82) is 0 Å². The van der Waals surface area contributed by atoms with Crippen LogP contribution >= 0.6 is 11.8 Å². The zero-order chi connectivity index (χ0) is 11.7. The van der Waals surface area contributed by atoms with E-state index in [0.717, 1.165) is 23.5 Å². The molecule has 2 rings (SSSR count). The highest BCUT2D eigenvalue weighted by Gasteiger charge is 2.30. The molecular weight excluding hydrogens is 220 g/mol. The van der Waals surface area contributed by atoms with Crippen LogP contribution in [0.25, 0.3) is 0 Å². The molecule has 0 aliphatic carbocycles. The molecule has 1 heterocycles. The van der Waals surface area contributed by atoms with Crippen LogP contribution in [0.1, 0.15) is 12.0 Å². The second kappa shape index (κ2) is 4.37. The normalized spacial score (nSPS) is 20.5. The summed E-state index contributed by atoms with van der Waals surface area (Å²) in [5.41, 5.74) is 7.69. The highest BCUT2D eigenvalue weighted by Crippen LogP contribution is 2.33. The van der Waals surface area contributed by atoms with Crippen molar-refractivity contribution in [1.82, 2.24) is 4.90 Å². The van der Waals surface area contributed by atoms with Crippen molar-refractivity contribution in [3.63, 3.8) is 0 Å². The number of amides is 1. The van der Waals surface area contributed by atoms with Crippen molar-refractivity contribution in [2.75, 3.05) is 19.3 Å². The van der Waals surface area contributed by atoms with Crippen LogP contribution in [0.3, 0.4) is 0 Å². The van der Waals surface area contributed by atoms with Gasteiger partial charge in [-0.2, -0.15) is 0 Å². The van der Waals surface area contributed by atoms with Crippen LogP contribution in [0, 0.1) is 6.92 Å². The van der Waals surface area contributed by atoms with E-state index in [1.165, 1.54) is 5.56 Å². The maximum absolute atomic E-state index is 11.8. The summed E-state index contributed by atoms with van der Waals surface area (Å²) in [5.74, 6) is 0.229. The molecule has 86 valence electrons. The number of hydrogen-bond acceptors (Lipinski definition) is 3. The minimum atomic E-state index is 0.0606. The van der Waals surface area contributed by atoms with Gasteiger partial charge >= 0.3 is 0 Å². The Labute approximate surface area is 100.0 Å². The summed E-state index contributed by atoms with van der Waals surface area (Å²) in [5, 5.41) is 0.0606. The molecule has 1 aliphatic rings. The van der Waals surface area contributed by atoms with E-state index in [1.807, 2.05) is 32.2 Å². The van der Waals surface area contributed by atoms with Crippen LogP contribution in [0.4, 0.5) is 5.69 Å². The monoisotopic (exact) mass is 236 g/mol. The van der Waals surface area contributed by atoms with E-state index < -0.39 is 0 Å². The summed E-state index contributed by atoms with van der Waals surface area (Å²) in [4.78, 5) is 14.7. The van der Waals surface area contributed by atoms with Gasteiger partial charge in [0.1, 0.15) is 0 Å². The van der Waals surface area contributed by atoms with Crippen molar-refractivity contribution in [3.05, 3.63) is 23.8 Å². The van der Waals surface area contributed by atoms with Crippen LogP contribution < -0.4 is 5.73 Å². The van der Waals surface area contributed by atoms with Crippen molar-refractivity contribution < 1.29 is 4.79 Å². The van der Waals surface area contributed by atoms with E-state index >= 15 is 0 Å². The van der Waals surface area contributed by atoms with Gasteiger partial charge in [0.25, 0.3) is 0 Å². The molecule has 1 aliphatic heterocycles.